The topological polar surface area (TPSA) is 12.9 Å². The lowest BCUT2D eigenvalue weighted by atomic mass is 10.1. The number of hydrogen-bond acceptors (Lipinski definition) is 2. The van der Waals surface area contributed by atoms with Gasteiger partial charge in [0, 0.05) is 16.1 Å². The fourth-order valence-corrected chi connectivity index (χ4v) is 2.55. The highest BCUT2D eigenvalue weighted by Crippen LogP contribution is 2.29. The first kappa shape index (κ1) is 8.20. The Hall–Kier alpha value is -0.410. The minimum Gasteiger partial charge on any atom is -0.200 e. The summed E-state index contributed by atoms with van der Waals surface area (Å²) in [6, 6.07) is 4.25. The van der Waals surface area contributed by atoms with E-state index in [2.05, 4.69) is 39.4 Å². The van der Waals surface area contributed by atoms with E-state index in [4.69, 9.17) is 0 Å². The fourth-order valence-electron chi connectivity index (χ4n) is 1.29. The van der Waals surface area contributed by atoms with Gasteiger partial charge < -0.3 is 0 Å². The maximum absolute atomic E-state index is 4.18. The first-order valence-electron chi connectivity index (χ1n) is 3.84. The summed E-state index contributed by atoms with van der Waals surface area (Å²) >= 11 is 5.06. The van der Waals surface area contributed by atoms with Crippen molar-refractivity contribution in [2.24, 2.45) is 0 Å². The predicted octanol–water partition coefficient (Wildman–Crippen LogP) is 3.62. The van der Waals surface area contributed by atoms with Crippen molar-refractivity contribution in [2.45, 2.75) is 13.3 Å². The van der Waals surface area contributed by atoms with Gasteiger partial charge in [-0.2, -0.15) is 4.37 Å². The van der Waals surface area contributed by atoms with Crippen LogP contribution in [0.3, 0.4) is 0 Å². The Labute approximate surface area is 83.7 Å². The average molecular weight is 242 g/mol. The van der Waals surface area contributed by atoms with Crippen LogP contribution in [0.5, 0.6) is 0 Å². The fraction of sp³-hybridized carbons (Fsp3) is 0.222. The van der Waals surface area contributed by atoms with Crippen molar-refractivity contribution in [3.63, 3.8) is 0 Å². The Kier molecular flexibility index (Phi) is 2.15. The molecule has 2 aromatic rings. The summed E-state index contributed by atoms with van der Waals surface area (Å²) in [5.41, 5.74) is 1.38. The largest absolute Gasteiger partial charge is 0.200 e. The van der Waals surface area contributed by atoms with Crippen LogP contribution in [0.2, 0.25) is 0 Å². The Morgan fingerprint density at radius 3 is 3.08 bits per heavy atom. The summed E-state index contributed by atoms with van der Waals surface area (Å²) in [4.78, 5) is 0. The number of hydrogen-bond donors (Lipinski definition) is 0. The molecule has 0 fully saturated rings. The predicted molar refractivity (Wildman–Crippen MR) is 56.7 cm³/mol. The molecule has 0 unspecified atom stereocenters. The third-order valence-corrected chi connectivity index (χ3v) is 3.70. The second-order valence-electron chi connectivity index (χ2n) is 2.63. The zero-order valence-corrected chi connectivity index (χ0v) is 9.08. The molecule has 1 nitrogen and oxygen atoms in total. The smallest absolute Gasteiger partial charge is 0.0694 e. The summed E-state index contributed by atoms with van der Waals surface area (Å²) in [6.07, 6.45) is 3.02. The molecule has 0 spiro atoms. The molecule has 0 atom stereocenters. The Bertz CT molecular complexity index is 408. The van der Waals surface area contributed by atoms with E-state index < -0.39 is 0 Å². The number of halogens is 1. The second-order valence-corrected chi connectivity index (χ2v) is 4.28. The van der Waals surface area contributed by atoms with Crippen LogP contribution >= 0.6 is 27.5 Å². The lowest BCUT2D eigenvalue weighted by molar-refractivity contribution is 1.16. The van der Waals surface area contributed by atoms with Crippen LogP contribution in [0, 0.1) is 0 Å². The third-order valence-electron chi connectivity index (χ3n) is 1.95. The molecule has 12 heavy (non-hydrogen) atoms. The van der Waals surface area contributed by atoms with Gasteiger partial charge in [0.05, 0.1) is 4.70 Å². The molecule has 0 aliphatic heterocycles. The highest BCUT2D eigenvalue weighted by Gasteiger charge is 2.04. The second kappa shape index (κ2) is 3.15. The van der Waals surface area contributed by atoms with Gasteiger partial charge in [-0.25, -0.2) is 0 Å². The van der Waals surface area contributed by atoms with Crippen LogP contribution in [0.25, 0.3) is 10.1 Å². The Morgan fingerprint density at radius 1 is 1.50 bits per heavy atom. The number of fused-ring (bicyclic) bond motifs is 1. The van der Waals surface area contributed by atoms with Crippen LogP contribution in [-0.2, 0) is 6.42 Å². The normalized spacial score (nSPS) is 10.8. The van der Waals surface area contributed by atoms with Crippen molar-refractivity contribution in [3.8, 4) is 0 Å². The van der Waals surface area contributed by atoms with Crippen molar-refractivity contribution < 1.29 is 0 Å². The minimum absolute atomic E-state index is 1.07. The maximum atomic E-state index is 4.18. The van der Waals surface area contributed by atoms with E-state index in [1.54, 1.807) is 11.5 Å². The molecule has 1 heterocycles. The quantitative estimate of drug-likeness (QED) is 0.744. The van der Waals surface area contributed by atoms with Crippen LogP contribution < -0.4 is 0 Å². The lowest BCUT2D eigenvalue weighted by Crippen LogP contribution is -1.79. The summed E-state index contributed by atoms with van der Waals surface area (Å²) in [7, 11) is 0. The summed E-state index contributed by atoms with van der Waals surface area (Å²) < 4.78 is 6.59. The van der Waals surface area contributed by atoms with Gasteiger partial charge in [0.2, 0.25) is 0 Å². The van der Waals surface area contributed by atoms with E-state index in [0.29, 0.717) is 0 Å². The van der Waals surface area contributed by atoms with Gasteiger partial charge in [0.1, 0.15) is 0 Å². The number of benzene rings is 1. The van der Waals surface area contributed by atoms with Crippen molar-refractivity contribution in [1.82, 2.24) is 4.37 Å². The van der Waals surface area contributed by atoms with Gasteiger partial charge in [-0.3, -0.25) is 0 Å². The molecule has 62 valence electrons. The first-order valence-corrected chi connectivity index (χ1v) is 5.41. The SMILES string of the molecule is CCc1ccc(Br)c2sncc12. The Balaban J connectivity index is 2.82. The lowest BCUT2D eigenvalue weighted by Gasteiger charge is -1.98. The molecule has 3 heteroatoms. The Morgan fingerprint density at radius 2 is 2.33 bits per heavy atom. The number of rotatable bonds is 1. The zero-order chi connectivity index (χ0) is 8.55. The van der Waals surface area contributed by atoms with Crippen LogP contribution in [-0.4, -0.2) is 4.37 Å². The summed E-state index contributed by atoms with van der Waals surface area (Å²) in [6.45, 7) is 2.17. The van der Waals surface area contributed by atoms with Gasteiger partial charge in [-0.05, 0) is 45.5 Å². The van der Waals surface area contributed by atoms with Gasteiger partial charge in [-0.15, -0.1) is 0 Å². The molecule has 0 aliphatic rings. The van der Waals surface area contributed by atoms with Gasteiger partial charge in [-0.1, -0.05) is 13.0 Å². The van der Waals surface area contributed by atoms with E-state index in [0.717, 1.165) is 10.9 Å². The van der Waals surface area contributed by atoms with E-state index >= 15 is 0 Å². The van der Waals surface area contributed by atoms with Crippen molar-refractivity contribution >= 4 is 37.5 Å². The molecule has 0 N–H and O–H groups in total. The molecule has 2 rings (SSSR count). The first-order chi connectivity index (χ1) is 5.83. The van der Waals surface area contributed by atoms with Crippen LogP contribution in [0.4, 0.5) is 0 Å². The molecule has 0 radical (unpaired) electrons. The molecular weight excluding hydrogens is 234 g/mol. The monoisotopic (exact) mass is 241 g/mol. The summed E-state index contributed by atoms with van der Waals surface area (Å²) in [5.74, 6) is 0. The van der Waals surface area contributed by atoms with Crippen LogP contribution in [0.15, 0.2) is 22.8 Å². The molecule has 0 amide bonds. The van der Waals surface area contributed by atoms with E-state index in [1.807, 2.05) is 6.20 Å². The molecular formula is C9H8BrNS. The highest BCUT2D eigenvalue weighted by molar-refractivity contribution is 9.10. The molecule has 0 saturated carbocycles. The molecule has 1 aromatic carbocycles. The van der Waals surface area contributed by atoms with E-state index in [-0.39, 0.29) is 0 Å². The van der Waals surface area contributed by atoms with E-state index in [1.165, 1.54) is 15.6 Å². The number of aromatic nitrogens is 1. The van der Waals surface area contributed by atoms with Gasteiger partial charge >= 0.3 is 0 Å². The molecule has 1 aromatic heterocycles. The highest BCUT2D eigenvalue weighted by atomic mass is 79.9. The number of nitrogens with zero attached hydrogens (tertiary/aromatic N) is 1. The average Bonchev–Trinajstić information content (AvgIpc) is 2.54. The van der Waals surface area contributed by atoms with Crippen molar-refractivity contribution in [3.05, 3.63) is 28.4 Å². The van der Waals surface area contributed by atoms with E-state index in [9.17, 15) is 0 Å². The molecule has 0 saturated heterocycles. The zero-order valence-electron chi connectivity index (χ0n) is 6.67. The number of aryl methyl sites for hydroxylation is 1. The molecule has 0 aliphatic carbocycles. The third kappa shape index (κ3) is 1.17. The minimum atomic E-state index is 1.07. The summed E-state index contributed by atoms with van der Waals surface area (Å²) in [5, 5.41) is 1.29. The van der Waals surface area contributed by atoms with Gasteiger partial charge in [0.25, 0.3) is 0 Å². The van der Waals surface area contributed by atoms with Crippen LogP contribution in [0.1, 0.15) is 12.5 Å². The van der Waals surface area contributed by atoms with Crippen molar-refractivity contribution in [1.29, 1.82) is 0 Å². The van der Waals surface area contributed by atoms with Crippen molar-refractivity contribution in [2.75, 3.05) is 0 Å². The molecule has 0 bridgehead atoms. The van der Waals surface area contributed by atoms with Gasteiger partial charge in [0.15, 0.2) is 0 Å². The maximum Gasteiger partial charge on any atom is 0.0694 e. The standard InChI is InChI=1S/C9H8BrNS/c1-2-6-3-4-8(10)9-7(6)5-11-12-9/h3-5H,2H2,1H3.